The van der Waals surface area contributed by atoms with Crippen LogP contribution >= 0.6 is 0 Å². The number of ether oxygens (including phenoxy) is 3. The van der Waals surface area contributed by atoms with Gasteiger partial charge in [-0.05, 0) is 45.0 Å². The molecule has 0 saturated carbocycles. The second kappa shape index (κ2) is 6.22. The van der Waals surface area contributed by atoms with Gasteiger partial charge in [-0.1, -0.05) is 0 Å². The average molecular weight is 266 g/mol. The predicted molar refractivity (Wildman–Crippen MR) is 69.5 cm³/mol. The van der Waals surface area contributed by atoms with Crippen LogP contribution in [0.25, 0.3) is 0 Å². The van der Waals surface area contributed by atoms with Crippen LogP contribution in [-0.4, -0.2) is 31.3 Å². The van der Waals surface area contributed by atoms with Crippen molar-refractivity contribution in [2.75, 3.05) is 13.7 Å². The average Bonchev–Trinajstić information content (AvgIpc) is 2.34. The molecule has 0 radical (unpaired) electrons. The molecule has 0 amide bonds. The van der Waals surface area contributed by atoms with E-state index in [0.717, 1.165) is 0 Å². The summed E-state index contributed by atoms with van der Waals surface area (Å²) in [5.74, 6) is 0.359. The molecule has 0 fully saturated rings. The molecule has 5 nitrogen and oxygen atoms in total. The highest BCUT2D eigenvalue weighted by atomic mass is 16.7. The number of rotatable bonds is 4. The normalized spacial score (nSPS) is 10.7. The minimum atomic E-state index is -0.852. The van der Waals surface area contributed by atoms with Crippen molar-refractivity contribution in [2.45, 2.75) is 26.4 Å². The molecule has 5 heteroatoms. The van der Waals surface area contributed by atoms with Gasteiger partial charge in [-0.25, -0.2) is 4.79 Å². The fourth-order valence-electron chi connectivity index (χ4n) is 1.26. The highest BCUT2D eigenvalue weighted by molar-refractivity contribution is 5.97. The van der Waals surface area contributed by atoms with Crippen molar-refractivity contribution in [2.24, 2.45) is 0 Å². The third kappa shape index (κ3) is 5.42. The Bertz CT molecular complexity index is 442. The maximum Gasteiger partial charge on any atom is 0.509 e. The molecule has 0 N–H and O–H groups in total. The van der Waals surface area contributed by atoms with Crippen molar-refractivity contribution in [3.8, 4) is 5.75 Å². The predicted octanol–water partition coefficient (Wildman–Crippen LogP) is 2.83. The number of methoxy groups -OCH3 is 1. The van der Waals surface area contributed by atoms with Crippen LogP contribution in [0.15, 0.2) is 24.3 Å². The first-order valence-corrected chi connectivity index (χ1v) is 5.85. The third-order valence-electron chi connectivity index (χ3n) is 2.12. The molecule has 0 aromatic heterocycles. The molecule has 0 aliphatic carbocycles. The standard InChI is InChI=1S/C14H18O5/c1-14(2,3)19-13(16)18-9-12(15)10-5-7-11(17-4)8-6-10/h5-8H,9H2,1-4H3. The summed E-state index contributed by atoms with van der Waals surface area (Å²) >= 11 is 0. The quantitative estimate of drug-likeness (QED) is 0.619. The molecule has 0 bridgehead atoms. The Morgan fingerprint density at radius 3 is 2.16 bits per heavy atom. The molecular weight excluding hydrogens is 248 g/mol. The van der Waals surface area contributed by atoms with Gasteiger partial charge in [-0.15, -0.1) is 0 Å². The third-order valence-corrected chi connectivity index (χ3v) is 2.12. The van der Waals surface area contributed by atoms with Crippen LogP contribution in [0.1, 0.15) is 31.1 Å². The largest absolute Gasteiger partial charge is 0.509 e. The van der Waals surface area contributed by atoms with Gasteiger partial charge in [0.1, 0.15) is 11.4 Å². The lowest BCUT2D eigenvalue weighted by Crippen LogP contribution is -2.26. The smallest absolute Gasteiger partial charge is 0.497 e. The Kier molecular flexibility index (Phi) is 4.92. The maximum atomic E-state index is 11.7. The zero-order valence-electron chi connectivity index (χ0n) is 11.6. The van der Waals surface area contributed by atoms with E-state index in [-0.39, 0.29) is 12.4 Å². The van der Waals surface area contributed by atoms with E-state index >= 15 is 0 Å². The zero-order chi connectivity index (χ0) is 14.5. The van der Waals surface area contributed by atoms with E-state index in [4.69, 9.17) is 14.2 Å². The highest BCUT2D eigenvalue weighted by Crippen LogP contribution is 2.12. The van der Waals surface area contributed by atoms with Crippen molar-refractivity contribution >= 4 is 11.9 Å². The lowest BCUT2D eigenvalue weighted by Gasteiger charge is -2.18. The van der Waals surface area contributed by atoms with Gasteiger partial charge in [0.25, 0.3) is 0 Å². The van der Waals surface area contributed by atoms with Gasteiger partial charge in [0.2, 0.25) is 0 Å². The van der Waals surface area contributed by atoms with Crippen molar-refractivity contribution in [1.82, 2.24) is 0 Å². The number of benzene rings is 1. The molecule has 19 heavy (non-hydrogen) atoms. The summed E-state index contributed by atoms with van der Waals surface area (Å²) in [6, 6.07) is 6.56. The van der Waals surface area contributed by atoms with E-state index in [9.17, 15) is 9.59 Å². The van der Waals surface area contributed by atoms with Gasteiger partial charge in [0, 0.05) is 5.56 Å². The Morgan fingerprint density at radius 1 is 1.11 bits per heavy atom. The number of ketones is 1. The van der Waals surface area contributed by atoms with Crippen LogP contribution in [0.4, 0.5) is 4.79 Å². The van der Waals surface area contributed by atoms with Crippen molar-refractivity contribution in [1.29, 1.82) is 0 Å². The van der Waals surface area contributed by atoms with Gasteiger partial charge >= 0.3 is 6.16 Å². The number of carbonyl (C=O) groups excluding carboxylic acids is 2. The summed E-state index contributed by atoms with van der Waals surface area (Å²) in [4.78, 5) is 23.0. The fourth-order valence-corrected chi connectivity index (χ4v) is 1.26. The molecule has 1 aromatic carbocycles. The second-order valence-corrected chi connectivity index (χ2v) is 4.90. The van der Waals surface area contributed by atoms with Crippen LogP contribution in [0, 0.1) is 0 Å². The summed E-state index contributed by atoms with van der Waals surface area (Å²) < 4.78 is 14.7. The Morgan fingerprint density at radius 2 is 1.68 bits per heavy atom. The molecule has 1 aromatic rings. The van der Waals surface area contributed by atoms with Gasteiger partial charge in [-0.3, -0.25) is 4.79 Å². The highest BCUT2D eigenvalue weighted by Gasteiger charge is 2.18. The van der Waals surface area contributed by atoms with Crippen LogP contribution in [-0.2, 0) is 9.47 Å². The summed E-state index contributed by atoms with van der Waals surface area (Å²) in [7, 11) is 1.54. The Labute approximate surface area is 112 Å². The summed E-state index contributed by atoms with van der Waals surface area (Å²) in [5, 5.41) is 0. The molecule has 0 saturated heterocycles. The van der Waals surface area contributed by atoms with Crippen LogP contribution in [0.3, 0.4) is 0 Å². The summed E-state index contributed by atoms with van der Waals surface area (Å²) in [6.45, 7) is 4.82. The van der Waals surface area contributed by atoms with Crippen molar-refractivity contribution in [3.05, 3.63) is 29.8 Å². The summed E-state index contributed by atoms with van der Waals surface area (Å²) in [5.41, 5.74) is -0.190. The monoisotopic (exact) mass is 266 g/mol. The first kappa shape index (κ1) is 15.0. The fraction of sp³-hybridized carbons (Fsp3) is 0.429. The van der Waals surface area contributed by atoms with E-state index in [1.807, 2.05) is 0 Å². The molecule has 0 aliphatic heterocycles. The number of carbonyl (C=O) groups is 2. The lowest BCUT2D eigenvalue weighted by atomic mass is 10.1. The van der Waals surface area contributed by atoms with Crippen LogP contribution < -0.4 is 4.74 Å². The van der Waals surface area contributed by atoms with E-state index < -0.39 is 11.8 Å². The first-order valence-electron chi connectivity index (χ1n) is 5.85. The Balaban J connectivity index is 2.49. The van der Waals surface area contributed by atoms with Crippen molar-refractivity contribution < 1.29 is 23.8 Å². The molecule has 0 atom stereocenters. The number of hydrogen-bond donors (Lipinski definition) is 0. The minimum absolute atomic E-state index is 0.298. The van der Waals surface area contributed by atoms with Gasteiger partial charge in [0.15, 0.2) is 12.4 Å². The molecule has 0 aliphatic rings. The first-order chi connectivity index (χ1) is 8.81. The van der Waals surface area contributed by atoms with Crippen LogP contribution in [0.2, 0.25) is 0 Å². The second-order valence-electron chi connectivity index (χ2n) is 4.90. The van der Waals surface area contributed by atoms with E-state index in [0.29, 0.717) is 11.3 Å². The minimum Gasteiger partial charge on any atom is -0.497 e. The molecule has 0 spiro atoms. The summed E-state index contributed by atoms with van der Waals surface area (Å²) in [6.07, 6.45) is -0.852. The van der Waals surface area contributed by atoms with Crippen LogP contribution in [0.5, 0.6) is 5.75 Å². The molecule has 0 heterocycles. The molecular formula is C14H18O5. The molecule has 1 rings (SSSR count). The SMILES string of the molecule is COc1ccc(C(=O)COC(=O)OC(C)(C)C)cc1. The van der Waals surface area contributed by atoms with E-state index in [1.165, 1.54) is 0 Å². The topological polar surface area (TPSA) is 61.8 Å². The number of hydrogen-bond acceptors (Lipinski definition) is 5. The number of Topliss-reactive ketones (excluding diaryl/α,β-unsaturated/α-hetero) is 1. The molecule has 0 unspecified atom stereocenters. The maximum absolute atomic E-state index is 11.7. The Hall–Kier alpha value is -2.04. The van der Waals surface area contributed by atoms with Crippen molar-refractivity contribution in [3.63, 3.8) is 0 Å². The van der Waals surface area contributed by atoms with Gasteiger partial charge in [-0.2, -0.15) is 0 Å². The van der Waals surface area contributed by atoms with Gasteiger partial charge in [0.05, 0.1) is 7.11 Å². The van der Waals surface area contributed by atoms with E-state index in [1.54, 1.807) is 52.1 Å². The molecule has 104 valence electrons. The zero-order valence-corrected chi connectivity index (χ0v) is 11.6. The van der Waals surface area contributed by atoms with E-state index in [2.05, 4.69) is 0 Å². The van der Waals surface area contributed by atoms with Gasteiger partial charge < -0.3 is 14.2 Å². The lowest BCUT2D eigenvalue weighted by molar-refractivity contribution is -0.00545.